The Morgan fingerprint density at radius 3 is 2.72 bits per heavy atom. The van der Waals surface area contributed by atoms with Gasteiger partial charge in [0.25, 0.3) is 5.91 Å². The number of fused-ring (bicyclic) bond motifs is 1. The van der Waals surface area contributed by atoms with Crippen LogP contribution in [0.15, 0.2) is 51.7 Å². The lowest BCUT2D eigenvalue weighted by Gasteiger charge is -2.08. The van der Waals surface area contributed by atoms with E-state index in [-0.39, 0.29) is 11.8 Å². The van der Waals surface area contributed by atoms with Crippen molar-refractivity contribution in [3.63, 3.8) is 0 Å². The number of oxazole rings is 1. The second-order valence-electron chi connectivity index (χ2n) is 5.67. The van der Waals surface area contributed by atoms with Crippen LogP contribution in [0.5, 0.6) is 0 Å². The quantitative estimate of drug-likeness (QED) is 0.760. The summed E-state index contributed by atoms with van der Waals surface area (Å²) in [4.78, 5) is 34.9. The van der Waals surface area contributed by atoms with Crippen molar-refractivity contribution in [2.24, 2.45) is 7.05 Å². The molecule has 25 heavy (non-hydrogen) atoms. The van der Waals surface area contributed by atoms with Crippen molar-refractivity contribution in [1.29, 1.82) is 0 Å². The Labute approximate surface area is 143 Å². The minimum atomic E-state index is -0.425. The molecule has 0 unspecified atom stereocenters. The Bertz CT molecular complexity index is 1020. The molecule has 0 spiro atoms. The molecule has 1 aromatic heterocycles. The number of benzene rings is 2. The molecule has 128 valence electrons. The summed E-state index contributed by atoms with van der Waals surface area (Å²) >= 11 is 0. The largest absolute Gasteiger partial charge is 0.419 e. The van der Waals surface area contributed by atoms with Gasteiger partial charge in [0.15, 0.2) is 5.58 Å². The van der Waals surface area contributed by atoms with E-state index in [9.17, 15) is 14.4 Å². The molecule has 0 aliphatic heterocycles. The number of carbonyl (C=O) groups excluding carboxylic acids is 2. The van der Waals surface area contributed by atoms with Gasteiger partial charge in [0, 0.05) is 31.8 Å². The van der Waals surface area contributed by atoms with Crippen molar-refractivity contribution in [2.45, 2.75) is 13.5 Å². The zero-order chi connectivity index (χ0) is 18.0. The number of nitrogens with zero attached hydrogens (tertiary/aromatic N) is 1. The number of nitrogens with one attached hydrogen (secondary N) is 2. The fourth-order valence-corrected chi connectivity index (χ4v) is 2.51. The van der Waals surface area contributed by atoms with Crippen molar-refractivity contribution < 1.29 is 14.0 Å². The molecule has 1 heterocycles. The number of carbonyl (C=O) groups is 2. The normalized spacial score (nSPS) is 10.6. The highest BCUT2D eigenvalue weighted by molar-refractivity contribution is 5.96. The van der Waals surface area contributed by atoms with Gasteiger partial charge in [-0.1, -0.05) is 12.1 Å². The van der Waals surface area contributed by atoms with E-state index in [0.717, 1.165) is 5.56 Å². The van der Waals surface area contributed by atoms with Crippen LogP contribution in [-0.2, 0) is 18.4 Å². The third-order valence-electron chi connectivity index (χ3n) is 3.75. The molecule has 0 bridgehead atoms. The Morgan fingerprint density at radius 2 is 1.96 bits per heavy atom. The predicted molar refractivity (Wildman–Crippen MR) is 93.4 cm³/mol. The molecule has 0 saturated heterocycles. The van der Waals surface area contributed by atoms with Crippen molar-refractivity contribution >= 4 is 28.6 Å². The van der Waals surface area contributed by atoms with Crippen LogP contribution in [0.1, 0.15) is 22.8 Å². The molecular formula is C18H17N3O4. The monoisotopic (exact) mass is 339 g/mol. The van der Waals surface area contributed by atoms with E-state index in [2.05, 4.69) is 10.6 Å². The van der Waals surface area contributed by atoms with E-state index in [1.54, 1.807) is 49.5 Å². The smallest absolute Gasteiger partial charge is 0.408 e. The Morgan fingerprint density at radius 1 is 1.16 bits per heavy atom. The number of aryl methyl sites for hydroxylation is 1. The molecule has 0 fully saturated rings. The molecule has 0 aliphatic rings. The van der Waals surface area contributed by atoms with Crippen molar-refractivity contribution in [3.8, 4) is 0 Å². The maximum atomic E-state index is 12.3. The van der Waals surface area contributed by atoms with Gasteiger partial charge >= 0.3 is 5.76 Å². The Kier molecular flexibility index (Phi) is 4.38. The summed E-state index contributed by atoms with van der Waals surface area (Å²) in [6, 6.07) is 12.0. The molecule has 7 nitrogen and oxygen atoms in total. The van der Waals surface area contributed by atoms with Crippen LogP contribution < -0.4 is 16.4 Å². The lowest BCUT2D eigenvalue weighted by atomic mass is 10.1. The number of aromatic nitrogens is 1. The van der Waals surface area contributed by atoms with Crippen LogP contribution in [0, 0.1) is 0 Å². The van der Waals surface area contributed by atoms with Crippen LogP contribution in [-0.4, -0.2) is 16.4 Å². The molecule has 3 rings (SSSR count). The van der Waals surface area contributed by atoms with Crippen LogP contribution in [0.3, 0.4) is 0 Å². The minimum absolute atomic E-state index is 0.198. The molecule has 0 atom stereocenters. The summed E-state index contributed by atoms with van der Waals surface area (Å²) in [6.07, 6.45) is 0. The first kappa shape index (κ1) is 16.5. The van der Waals surface area contributed by atoms with Gasteiger partial charge < -0.3 is 15.1 Å². The van der Waals surface area contributed by atoms with Gasteiger partial charge in [-0.05, 0) is 35.9 Å². The second kappa shape index (κ2) is 6.64. The second-order valence-corrected chi connectivity index (χ2v) is 5.67. The maximum absolute atomic E-state index is 12.3. The molecule has 0 aliphatic carbocycles. The fourth-order valence-electron chi connectivity index (χ4n) is 2.51. The summed E-state index contributed by atoms with van der Waals surface area (Å²) in [5, 5.41) is 5.46. The van der Waals surface area contributed by atoms with Gasteiger partial charge in [-0.25, -0.2) is 4.79 Å². The molecule has 3 aromatic rings. The van der Waals surface area contributed by atoms with Gasteiger partial charge in [0.05, 0.1) is 5.52 Å². The number of amides is 2. The first-order chi connectivity index (χ1) is 11.9. The van der Waals surface area contributed by atoms with Gasteiger partial charge in [-0.3, -0.25) is 14.2 Å². The molecule has 2 N–H and O–H groups in total. The highest BCUT2D eigenvalue weighted by Crippen LogP contribution is 2.15. The first-order valence-corrected chi connectivity index (χ1v) is 7.68. The van der Waals surface area contributed by atoms with Crippen LogP contribution in [0.25, 0.3) is 11.1 Å². The minimum Gasteiger partial charge on any atom is -0.408 e. The Balaban J connectivity index is 1.73. The lowest BCUT2D eigenvalue weighted by molar-refractivity contribution is -0.114. The summed E-state index contributed by atoms with van der Waals surface area (Å²) in [5.74, 6) is -0.879. The van der Waals surface area contributed by atoms with Gasteiger partial charge in [-0.15, -0.1) is 0 Å². The fraction of sp³-hybridized carbons (Fsp3) is 0.167. The Hall–Kier alpha value is -3.35. The van der Waals surface area contributed by atoms with E-state index < -0.39 is 5.76 Å². The number of hydrogen-bond donors (Lipinski definition) is 2. The average Bonchev–Trinajstić information content (AvgIpc) is 2.86. The molecule has 2 aromatic carbocycles. The third-order valence-corrected chi connectivity index (χ3v) is 3.75. The first-order valence-electron chi connectivity index (χ1n) is 7.68. The summed E-state index contributed by atoms with van der Waals surface area (Å²) < 4.78 is 6.49. The van der Waals surface area contributed by atoms with E-state index >= 15 is 0 Å². The molecule has 7 heteroatoms. The molecule has 0 saturated carbocycles. The van der Waals surface area contributed by atoms with E-state index in [4.69, 9.17) is 4.42 Å². The van der Waals surface area contributed by atoms with Gasteiger partial charge in [-0.2, -0.15) is 0 Å². The SMILES string of the molecule is CC(=O)Nc1cccc(C(=O)NCc2ccc3oc(=O)n(C)c3c2)c1. The van der Waals surface area contributed by atoms with Crippen LogP contribution in [0.2, 0.25) is 0 Å². The highest BCUT2D eigenvalue weighted by atomic mass is 16.4. The maximum Gasteiger partial charge on any atom is 0.419 e. The van der Waals surface area contributed by atoms with Crippen molar-refractivity contribution in [1.82, 2.24) is 9.88 Å². The summed E-state index contributed by atoms with van der Waals surface area (Å²) in [6.45, 7) is 1.71. The summed E-state index contributed by atoms with van der Waals surface area (Å²) in [5.41, 5.74) is 3.03. The van der Waals surface area contributed by atoms with Crippen LogP contribution >= 0.6 is 0 Å². The van der Waals surface area contributed by atoms with E-state index in [1.807, 2.05) is 0 Å². The average molecular weight is 339 g/mol. The third kappa shape index (κ3) is 3.60. The highest BCUT2D eigenvalue weighted by Gasteiger charge is 2.09. The standard InChI is InChI=1S/C18H17N3O4/c1-11(22)20-14-5-3-4-13(9-14)17(23)19-10-12-6-7-16-15(8-12)21(2)18(24)25-16/h3-9H,10H2,1-2H3,(H,19,23)(H,20,22). The molecule has 0 radical (unpaired) electrons. The van der Waals surface area contributed by atoms with Gasteiger partial charge in [0.1, 0.15) is 0 Å². The molecular weight excluding hydrogens is 322 g/mol. The predicted octanol–water partition coefficient (Wildman–Crippen LogP) is 2.02. The zero-order valence-electron chi connectivity index (χ0n) is 13.8. The molecule has 2 amide bonds. The zero-order valence-corrected chi connectivity index (χ0v) is 13.8. The number of anilines is 1. The van der Waals surface area contributed by atoms with Crippen molar-refractivity contribution in [3.05, 3.63) is 64.1 Å². The topological polar surface area (TPSA) is 93.3 Å². The summed E-state index contributed by atoms with van der Waals surface area (Å²) in [7, 11) is 1.63. The number of hydrogen-bond acceptors (Lipinski definition) is 4. The number of rotatable bonds is 4. The van der Waals surface area contributed by atoms with Crippen LogP contribution in [0.4, 0.5) is 5.69 Å². The van der Waals surface area contributed by atoms with E-state index in [0.29, 0.717) is 28.9 Å². The van der Waals surface area contributed by atoms with Gasteiger partial charge in [0.2, 0.25) is 5.91 Å². The van der Waals surface area contributed by atoms with Crippen molar-refractivity contribution in [2.75, 3.05) is 5.32 Å². The lowest BCUT2D eigenvalue weighted by Crippen LogP contribution is -2.23. The van der Waals surface area contributed by atoms with E-state index in [1.165, 1.54) is 11.5 Å².